The fourth-order valence-electron chi connectivity index (χ4n) is 2.36. The molecule has 2 aromatic rings. The smallest absolute Gasteiger partial charge is 0.276 e. The van der Waals surface area contributed by atoms with E-state index in [-0.39, 0.29) is 17.4 Å². The lowest BCUT2D eigenvalue weighted by atomic mass is 10.2. The maximum Gasteiger partial charge on any atom is 0.276 e. The van der Waals surface area contributed by atoms with E-state index >= 15 is 0 Å². The first kappa shape index (κ1) is 14.7. The van der Waals surface area contributed by atoms with Crippen LogP contribution >= 0.6 is 15.9 Å². The van der Waals surface area contributed by atoms with Gasteiger partial charge in [-0.2, -0.15) is 0 Å². The molecule has 0 aromatic carbocycles. The Labute approximate surface area is 136 Å². The molecule has 1 saturated heterocycles. The largest absolute Gasteiger partial charge is 0.382 e. The fourth-order valence-corrected chi connectivity index (χ4v) is 2.59. The summed E-state index contributed by atoms with van der Waals surface area (Å²) in [5.74, 6) is 0.910. The van der Waals surface area contributed by atoms with Crippen LogP contribution in [0.25, 0.3) is 0 Å². The predicted molar refractivity (Wildman–Crippen MR) is 86.5 cm³/mol. The van der Waals surface area contributed by atoms with Gasteiger partial charge in [0.05, 0.1) is 0 Å². The topological polar surface area (TPSA) is 88.2 Å². The van der Waals surface area contributed by atoms with Gasteiger partial charge in [0, 0.05) is 49.2 Å². The zero-order valence-corrected chi connectivity index (χ0v) is 13.4. The number of hydrogen-bond donors (Lipinski definition) is 1. The molecule has 2 aromatic heterocycles. The van der Waals surface area contributed by atoms with E-state index in [2.05, 4.69) is 35.8 Å². The van der Waals surface area contributed by atoms with Crippen molar-refractivity contribution in [3.8, 4) is 0 Å². The number of nitrogens with two attached hydrogens (primary N) is 1. The van der Waals surface area contributed by atoms with Gasteiger partial charge in [-0.3, -0.25) is 4.79 Å². The van der Waals surface area contributed by atoms with Crippen LogP contribution in [-0.4, -0.2) is 51.9 Å². The minimum absolute atomic E-state index is 0.171. The molecule has 7 nitrogen and oxygen atoms in total. The molecule has 1 aliphatic heterocycles. The molecule has 0 aliphatic carbocycles. The van der Waals surface area contributed by atoms with E-state index in [4.69, 9.17) is 5.73 Å². The number of carbonyl (C=O) groups is 1. The van der Waals surface area contributed by atoms with E-state index in [0.717, 1.165) is 23.4 Å². The summed E-state index contributed by atoms with van der Waals surface area (Å²) in [4.78, 5) is 28.6. The van der Waals surface area contributed by atoms with Gasteiger partial charge in [0.2, 0.25) is 0 Å². The number of hydrogen-bond acceptors (Lipinski definition) is 6. The lowest BCUT2D eigenvalue weighted by molar-refractivity contribution is 0.0741. The van der Waals surface area contributed by atoms with Crippen molar-refractivity contribution in [1.82, 2.24) is 19.9 Å². The van der Waals surface area contributed by atoms with E-state index in [0.29, 0.717) is 13.1 Å². The molecule has 0 atom stereocenters. The SMILES string of the molecule is Nc1nccnc1C(=O)N1CCN(c2ccc(Br)cn2)CC1. The highest BCUT2D eigenvalue weighted by molar-refractivity contribution is 9.10. The van der Waals surface area contributed by atoms with Gasteiger partial charge in [0.1, 0.15) is 5.82 Å². The molecule has 0 spiro atoms. The average molecular weight is 363 g/mol. The number of halogens is 1. The summed E-state index contributed by atoms with van der Waals surface area (Å²) in [5.41, 5.74) is 5.93. The number of aromatic nitrogens is 3. The molecule has 1 fully saturated rings. The second-order valence-corrected chi connectivity index (χ2v) is 5.82. The van der Waals surface area contributed by atoms with Gasteiger partial charge < -0.3 is 15.5 Å². The fraction of sp³-hybridized carbons (Fsp3) is 0.286. The number of amides is 1. The highest BCUT2D eigenvalue weighted by Crippen LogP contribution is 2.17. The van der Waals surface area contributed by atoms with Gasteiger partial charge in [-0.05, 0) is 28.1 Å². The summed E-state index contributed by atoms with van der Waals surface area (Å²) in [5, 5.41) is 0. The van der Waals surface area contributed by atoms with Crippen LogP contribution in [0, 0.1) is 0 Å². The van der Waals surface area contributed by atoms with Crippen molar-refractivity contribution in [1.29, 1.82) is 0 Å². The summed E-state index contributed by atoms with van der Waals surface area (Å²) in [6.07, 6.45) is 4.72. The van der Waals surface area contributed by atoms with Gasteiger partial charge in [0.15, 0.2) is 11.5 Å². The molecule has 0 radical (unpaired) electrons. The van der Waals surface area contributed by atoms with Crippen molar-refractivity contribution in [2.45, 2.75) is 0 Å². The van der Waals surface area contributed by atoms with Crippen LogP contribution in [0.4, 0.5) is 11.6 Å². The molecular formula is C14H15BrN6O. The zero-order valence-electron chi connectivity index (χ0n) is 11.8. The summed E-state index contributed by atoms with van der Waals surface area (Å²) in [6.45, 7) is 2.65. The summed E-state index contributed by atoms with van der Waals surface area (Å²) < 4.78 is 0.947. The molecule has 3 heterocycles. The summed E-state index contributed by atoms with van der Waals surface area (Å²) >= 11 is 3.37. The van der Waals surface area contributed by atoms with E-state index in [9.17, 15) is 4.79 Å². The van der Waals surface area contributed by atoms with Crippen LogP contribution < -0.4 is 10.6 Å². The Morgan fingerprint density at radius 2 is 1.82 bits per heavy atom. The molecule has 114 valence electrons. The van der Waals surface area contributed by atoms with Crippen molar-refractivity contribution in [2.24, 2.45) is 0 Å². The van der Waals surface area contributed by atoms with Crippen molar-refractivity contribution < 1.29 is 4.79 Å². The normalized spacial score (nSPS) is 15.0. The number of rotatable bonds is 2. The third-order valence-electron chi connectivity index (χ3n) is 3.53. The lowest BCUT2D eigenvalue weighted by Gasteiger charge is -2.35. The van der Waals surface area contributed by atoms with Crippen molar-refractivity contribution in [3.63, 3.8) is 0 Å². The monoisotopic (exact) mass is 362 g/mol. The highest BCUT2D eigenvalue weighted by atomic mass is 79.9. The highest BCUT2D eigenvalue weighted by Gasteiger charge is 2.25. The number of nitrogen functional groups attached to an aromatic ring is 1. The zero-order chi connectivity index (χ0) is 15.5. The molecule has 1 aliphatic rings. The molecule has 0 bridgehead atoms. The Kier molecular flexibility index (Phi) is 4.19. The van der Waals surface area contributed by atoms with E-state index in [1.807, 2.05) is 12.1 Å². The van der Waals surface area contributed by atoms with Crippen molar-refractivity contribution in [3.05, 3.63) is 40.9 Å². The van der Waals surface area contributed by atoms with Crippen molar-refractivity contribution >= 4 is 33.5 Å². The number of nitrogens with zero attached hydrogens (tertiary/aromatic N) is 5. The maximum atomic E-state index is 12.4. The molecule has 1 amide bonds. The van der Waals surface area contributed by atoms with Gasteiger partial charge >= 0.3 is 0 Å². The van der Waals surface area contributed by atoms with Crippen LogP contribution in [0.1, 0.15) is 10.5 Å². The standard InChI is InChI=1S/C14H15BrN6O/c15-10-1-2-11(19-9-10)20-5-7-21(8-6-20)14(22)12-13(16)18-4-3-17-12/h1-4,9H,5-8H2,(H2,16,18). The first-order valence-electron chi connectivity index (χ1n) is 6.87. The molecule has 0 unspecified atom stereocenters. The predicted octanol–water partition coefficient (Wildman–Crippen LogP) is 1.18. The van der Waals surface area contributed by atoms with Gasteiger partial charge in [0.25, 0.3) is 5.91 Å². The van der Waals surface area contributed by atoms with Gasteiger partial charge in [-0.25, -0.2) is 15.0 Å². The Bertz CT molecular complexity index is 669. The molecule has 0 saturated carbocycles. The second-order valence-electron chi connectivity index (χ2n) is 4.90. The number of pyridine rings is 1. The van der Waals surface area contributed by atoms with Crippen molar-refractivity contribution in [2.75, 3.05) is 36.8 Å². The Morgan fingerprint density at radius 1 is 1.09 bits per heavy atom. The molecule has 8 heteroatoms. The number of carbonyl (C=O) groups excluding carboxylic acids is 1. The van der Waals surface area contributed by atoms with Crippen LogP contribution in [-0.2, 0) is 0 Å². The van der Waals surface area contributed by atoms with E-state index in [1.165, 1.54) is 12.4 Å². The van der Waals surface area contributed by atoms with Crippen LogP contribution in [0.3, 0.4) is 0 Å². The minimum Gasteiger partial charge on any atom is -0.382 e. The second kappa shape index (κ2) is 6.27. The molecular weight excluding hydrogens is 348 g/mol. The molecule has 22 heavy (non-hydrogen) atoms. The van der Waals surface area contributed by atoms with Crippen LogP contribution in [0.5, 0.6) is 0 Å². The Hall–Kier alpha value is -2.22. The van der Waals surface area contributed by atoms with Gasteiger partial charge in [-0.1, -0.05) is 0 Å². The number of piperazine rings is 1. The molecule has 2 N–H and O–H groups in total. The number of anilines is 2. The summed E-state index contributed by atoms with van der Waals surface area (Å²) in [7, 11) is 0. The van der Waals surface area contributed by atoms with Gasteiger partial charge in [-0.15, -0.1) is 0 Å². The average Bonchev–Trinajstić information content (AvgIpc) is 2.56. The first-order chi connectivity index (χ1) is 10.6. The van der Waals surface area contributed by atoms with Crippen LogP contribution in [0.15, 0.2) is 35.2 Å². The maximum absolute atomic E-state index is 12.4. The minimum atomic E-state index is -0.172. The quantitative estimate of drug-likeness (QED) is 0.862. The van der Waals surface area contributed by atoms with E-state index < -0.39 is 0 Å². The Morgan fingerprint density at radius 3 is 2.45 bits per heavy atom. The Balaban J connectivity index is 1.65. The van der Waals surface area contributed by atoms with E-state index in [1.54, 1.807) is 11.1 Å². The van der Waals surface area contributed by atoms with Crippen LogP contribution in [0.2, 0.25) is 0 Å². The molecule has 3 rings (SSSR count). The lowest BCUT2D eigenvalue weighted by Crippen LogP contribution is -2.49. The third kappa shape index (κ3) is 3.01. The summed E-state index contributed by atoms with van der Waals surface area (Å²) in [6, 6.07) is 3.92. The third-order valence-corrected chi connectivity index (χ3v) is 4.00. The first-order valence-corrected chi connectivity index (χ1v) is 7.67.